The number of ether oxygens (including phenoxy) is 4. The lowest BCUT2D eigenvalue weighted by atomic mass is 9.87. The van der Waals surface area contributed by atoms with Gasteiger partial charge in [0, 0.05) is 28.0 Å². The molecule has 1 heterocycles. The number of methoxy groups -OCH3 is 2. The molecule has 2 atom stereocenters. The average Bonchev–Trinajstić information content (AvgIpc) is 3.17. The molecule has 2 aromatic rings. The number of ketones is 1. The lowest BCUT2D eigenvalue weighted by molar-refractivity contribution is -0.142. The second-order valence-corrected chi connectivity index (χ2v) is 9.73. The number of halogens is 2. The van der Waals surface area contributed by atoms with E-state index in [1.807, 2.05) is 29.6 Å². The molecule has 1 aliphatic rings. The smallest absolute Gasteiger partial charge is 0.345 e. The molecule has 0 spiro atoms. The molecule has 1 saturated heterocycles. The van der Waals surface area contributed by atoms with Crippen molar-refractivity contribution < 1.29 is 33.3 Å². The summed E-state index contributed by atoms with van der Waals surface area (Å²) in [4.78, 5) is 39.7. The minimum Gasteiger partial charge on any atom is -0.496 e. The Hall–Kier alpha value is -2.37. The third-order valence-corrected chi connectivity index (χ3v) is 7.68. The number of carbonyl (C=O) groups is 3. The third-order valence-electron chi connectivity index (χ3n) is 6.06. The first-order chi connectivity index (χ1) is 16.6. The first-order valence-corrected chi connectivity index (χ1v) is 12.4. The van der Waals surface area contributed by atoms with E-state index in [9.17, 15) is 14.4 Å². The Morgan fingerprint density at radius 3 is 2.43 bits per heavy atom. The van der Waals surface area contributed by atoms with Gasteiger partial charge in [-0.15, -0.1) is 0 Å². The van der Waals surface area contributed by atoms with Crippen LogP contribution in [-0.4, -0.2) is 63.1 Å². The van der Waals surface area contributed by atoms with Crippen molar-refractivity contribution in [3.63, 3.8) is 0 Å². The van der Waals surface area contributed by atoms with Crippen LogP contribution < -0.4 is 14.2 Å². The molecule has 0 radical (unpaired) electrons. The highest BCUT2D eigenvalue weighted by atomic mass is 127. The van der Waals surface area contributed by atoms with Crippen LogP contribution >= 0.6 is 34.2 Å². The predicted octanol–water partition coefficient (Wildman–Crippen LogP) is 4.73. The van der Waals surface area contributed by atoms with Crippen molar-refractivity contribution in [2.75, 3.05) is 34.4 Å². The third kappa shape index (κ3) is 5.73. The molecule has 0 N–H and O–H groups in total. The largest absolute Gasteiger partial charge is 0.496 e. The van der Waals surface area contributed by atoms with Crippen molar-refractivity contribution in [2.24, 2.45) is 0 Å². The molecule has 35 heavy (non-hydrogen) atoms. The van der Waals surface area contributed by atoms with E-state index in [0.29, 0.717) is 27.8 Å². The molecule has 188 valence electrons. The Morgan fingerprint density at radius 2 is 1.83 bits per heavy atom. The zero-order chi connectivity index (χ0) is 25.9. The quantitative estimate of drug-likeness (QED) is 0.182. The number of hydrogen-bond acceptors (Lipinski definition) is 8. The van der Waals surface area contributed by atoms with E-state index in [1.54, 1.807) is 24.3 Å². The highest BCUT2D eigenvalue weighted by molar-refractivity contribution is 14.1. The number of carbonyl (C=O) groups excluding carboxylic acids is 3. The Kier molecular flexibility index (Phi) is 9.00. The van der Waals surface area contributed by atoms with Crippen molar-refractivity contribution >= 4 is 51.9 Å². The number of esters is 2. The summed E-state index contributed by atoms with van der Waals surface area (Å²) >= 11 is 8.40. The van der Waals surface area contributed by atoms with Crippen LogP contribution in [0.25, 0.3) is 0 Å². The van der Waals surface area contributed by atoms with Gasteiger partial charge in [-0.3, -0.25) is 14.5 Å². The number of likely N-dealkylation sites (tertiary alicyclic amines) is 1. The molecule has 0 amide bonds. The van der Waals surface area contributed by atoms with Crippen LogP contribution in [0.15, 0.2) is 24.3 Å². The van der Waals surface area contributed by atoms with E-state index in [1.165, 1.54) is 28.1 Å². The Morgan fingerprint density at radius 1 is 1.14 bits per heavy atom. The Bertz CT molecular complexity index is 1150. The molecular weight excluding hydrogens is 589 g/mol. The van der Waals surface area contributed by atoms with Gasteiger partial charge in [-0.25, -0.2) is 4.79 Å². The number of rotatable bonds is 8. The van der Waals surface area contributed by atoms with Crippen molar-refractivity contribution in [1.82, 2.24) is 4.90 Å². The van der Waals surface area contributed by atoms with Gasteiger partial charge in [0.15, 0.2) is 11.5 Å². The molecule has 1 aliphatic heterocycles. The standard InChI is InChI=1S/C25H27ClINO7/c1-13(29)21-19(32-4)11-20(33-5)22(15-9-10-28(3)18(15)12-34-14(2)30)24(21)35-25(31)16-7-6-8-17(27)23(16)26/h6-8,11,15,18H,9-10,12H2,1-5H3/t15-,18+/m1/s1. The minimum absolute atomic E-state index is 0.0572. The fraction of sp³-hybridized carbons (Fsp3) is 0.400. The van der Waals surface area contributed by atoms with Crippen LogP contribution in [0.1, 0.15) is 52.5 Å². The van der Waals surface area contributed by atoms with Gasteiger partial charge in [-0.05, 0) is 61.7 Å². The highest BCUT2D eigenvalue weighted by Gasteiger charge is 2.40. The van der Waals surface area contributed by atoms with Crippen molar-refractivity contribution in [2.45, 2.75) is 32.2 Å². The molecule has 0 aromatic heterocycles. The summed E-state index contributed by atoms with van der Waals surface area (Å²) in [7, 11) is 4.84. The zero-order valence-corrected chi connectivity index (χ0v) is 23.1. The second-order valence-electron chi connectivity index (χ2n) is 8.19. The number of benzene rings is 2. The summed E-state index contributed by atoms with van der Waals surface area (Å²) in [5.74, 6) is -1.03. The molecule has 1 fully saturated rings. The van der Waals surface area contributed by atoms with Gasteiger partial charge in [0.25, 0.3) is 0 Å². The van der Waals surface area contributed by atoms with Crippen LogP contribution in [0.3, 0.4) is 0 Å². The van der Waals surface area contributed by atoms with Gasteiger partial charge in [0.05, 0.1) is 30.8 Å². The summed E-state index contributed by atoms with van der Waals surface area (Å²) < 4.78 is 23.1. The molecule has 10 heteroatoms. The molecule has 0 bridgehead atoms. The maximum absolute atomic E-state index is 13.3. The lowest BCUT2D eigenvalue weighted by Crippen LogP contribution is -2.34. The first kappa shape index (κ1) is 27.2. The van der Waals surface area contributed by atoms with E-state index >= 15 is 0 Å². The molecule has 0 saturated carbocycles. The van der Waals surface area contributed by atoms with Gasteiger partial charge < -0.3 is 18.9 Å². The van der Waals surface area contributed by atoms with Gasteiger partial charge in [0.1, 0.15) is 23.7 Å². The first-order valence-electron chi connectivity index (χ1n) is 10.9. The van der Waals surface area contributed by atoms with E-state index in [2.05, 4.69) is 4.90 Å². The van der Waals surface area contributed by atoms with Crippen molar-refractivity contribution in [3.05, 3.63) is 49.5 Å². The van der Waals surface area contributed by atoms with Gasteiger partial charge in [-0.1, -0.05) is 17.7 Å². The van der Waals surface area contributed by atoms with E-state index in [-0.39, 0.29) is 52.0 Å². The van der Waals surface area contributed by atoms with Crippen LogP contribution in [0, 0.1) is 3.57 Å². The van der Waals surface area contributed by atoms with Gasteiger partial charge >= 0.3 is 11.9 Å². The number of nitrogens with zero attached hydrogens (tertiary/aromatic N) is 1. The van der Waals surface area contributed by atoms with E-state index in [0.717, 1.165) is 0 Å². The van der Waals surface area contributed by atoms with Crippen LogP contribution in [-0.2, 0) is 9.53 Å². The van der Waals surface area contributed by atoms with Crippen LogP contribution in [0.5, 0.6) is 17.2 Å². The van der Waals surface area contributed by atoms with Crippen LogP contribution in [0.4, 0.5) is 0 Å². The monoisotopic (exact) mass is 615 g/mol. The highest BCUT2D eigenvalue weighted by Crippen LogP contribution is 2.48. The molecule has 8 nitrogen and oxygen atoms in total. The van der Waals surface area contributed by atoms with Crippen LogP contribution in [0.2, 0.25) is 5.02 Å². The maximum atomic E-state index is 13.3. The van der Waals surface area contributed by atoms with E-state index in [4.69, 9.17) is 30.5 Å². The van der Waals surface area contributed by atoms with Gasteiger partial charge in [0.2, 0.25) is 0 Å². The molecule has 2 aromatic carbocycles. The topological polar surface area (TPSA) is 91.4 Å². The van der Waals surface area contributed by atoms with Crippen molar-refractivity contribution in [3.8, 4) is 17.2 Å². The maximum Gasteiger partial charge on any atom is 0.345 e. The summed E-state index contributed by atoms with van der Waals surface area (Å²) in [6.07, 6.45) is 0.664. The number of likely N-dealkylation sites (N-methyl/N-ethyl adjacent to an activating group) is 1. The summed E-state index contributed by atoms with van der Waals surface area (Å²) in [6, 6.07) is 6.42. The molecule has 3 rings (SSSR count). The number of Topliss-reactive ketones (excluding diaryl/α,β-unsaturated/α-hetero) is 1. The molecular formula is C25H27ClINO7. The van der Waals surface area contributed by atoms with Gasteiger partial charge in [-0.2, -0.15) is 0 Å². The molecule has 0 aliphatic carbocycles. The summed E-state index contributed by atoms with van der Waals surface area (Å²) in [5.41, 5.74) is 0.829. The van der Waals surface area contributed by atoms with E-state index < -0.39 is 11.9 Å². The minimum atomic E-state index is -0.713. The normalized spacial score (nSPS) is 17.7. The Balaban J connectivity index is 2.21. The van der Waals surface area contributed by atoms with Crippen molar-refractivity contribution in [1.29, 1.82) is 0 Å². The molecule has 0 unspecified atom stereocenters. The summed E-state index contributed by atoms with van der Waals surface area (Å²) in [6.45, 7) is 3.57. The summed E-state index contributed by atoms with van der Waals surface area (Å²) in [5, 5.41) is 0.257. The predicted molar refractivity (Wildman–Crippen MR) is 139 cm³/mol. The lowest BCUT2D eigenvalue weighted by Gasteiger charge is -2.28. The zero-order valence-electron chi connectivity index (χ0n) is 20.1. The fourth-order valence-electron chi connectivity index (χ4n) is 4.35. The average molecular weight is 616 g/mol. The number of hydrogen-bond donors (Lipinski definition) is 0. The SMILES string of the molecule is COc1cc(OC)c([C@@H]2CCN(C)[C@H]2COC(C)=O)c(OC(=O)c2cccc(I)c2Cl)c1C(C)=O. The second kappa shape index (κ2) is 11.6. The Labute approximate surface area is 222 Å². The fourth-order valence-corrected chi connectivity index (χ4v) is 5.05.